The lowest BCUT2D eigenvalue weighted by molar-refractivity contribution is -0.143. The molecular formula is C29H31ClF2N6O5. The molecule has 0 spiro atoms. The molecule has 11 nitrogen and oxygen atoms in total. The van der Waals surface area contributed by atoms with Crippen LogP contribution in [0.5, 0.6) is 5.75 Å². The van der Waals surface area contributed by atoms with Crippen LogP contribution in [0, 0.1) is 11.6 Å². The van der Waals surface area contributed by atoms with Gasteiger partial charge in [0.25, 0.3) is 17.7 Å². The minimum Gasteiger partial charge on any atom is -0.494 e. The zero-order valence-corrected chi connectivity index (χ0v) is 24.2. The third-order valence-corrected chi connectivity index (χ3v) is 8.18. The number of anilines is 1. The fourth-order valence-electron chi connectivity index (χ4n) is 5.23. The number of piperidine rings is 1. The summed E-state index contributed by atoms with van der Waals surface area (Å²) in [6.07, 6.45) is 3.01. The largest absolute Gasteiger partial charge is 0.494 e. The molecule has 43 heavy (non-hydrogen) atoms. The predicted octanol–water partition coefficient (Wildman–Crippen LogP) is 2.77. The Morgan fingerprint density at radius 3 is 2.44 bits per heavy atom. The average molecular weight is 617 g/mol. The minimum absolute atomic E-state index is 0.0672. The minimum atomic E-state index is -1.36. The maximum Gasteiger partial charge on any atom is 0.291 e. The summed E-state index contributed by atoms with van der Waals surface area (Å²) in [6.45, 7) is 1.16. The SMILES string of the molecule is COc1ccc(-c2cnc(C(=O)Nc3ccc(C(=O)N[C@H]4C[C@@H](NC(=O)C5(O)CCNCC5)C4)c(Cl)c3)n2C)c(F)c1F. The van der Waals surface area contributed by atoms with Gasteiger partial charge in [-0.05, 0) is 69.1 Å². The zero-order chi connectivity index (χ0) is 30.9. The van der Waals surface area contributed by atoms with Crippen molar-refractivity contribution in [2.45, 2.75) is 43.4 Å². The fourth-order valence-corrected chi connectivity index (χ4v) is 5.49. The number of amides is 3. The molecule has 1 saturated carbocycles. The number of aromatic nitrogens is 2. The highest BCUT2D eigenvalue weighted by Gasteiger charge is 2.40. The number of imidazole rings is 1. The molecule has 0 unspecified atom stereocenters. The molecule has 1 saturated heterocycles. The quantitative estimate of drug-likeness (QED) is 0.262. The van der Waals surface area contributed by atoms with Crippen LogP contribution in [0.15, 0.2) is 36.5 Å². The fraction of sp³-hybridized carbons (Fsp3) is 0.379. The molecular weight excluding hydrogens is 586 g/mol. The summed E-state index contributed by atoms with van der Waals surface area (Å²) in [5, 5.41) is 22.1. The second-order valence-corrected chi connectivity index (χ2v) is 11.1. The van der Waals surface area contributed by atoms with E-state index in [1.165, 1.54) is 55.3 Å². The van der Waals surface area contributed by atoms with E-state index in [-0.39, 0.29) is 51.4 Å². The van der Waals surface area contributed by atoms with E-state index in [1.807, 2.05) is 0 Å². The molecule has 2 aromatic carbocycles. The summed E-state index contributed by atoms with van der Waals surface area (Å²) in [5.41, 5.74) is -0.789. The van der Waals surface area contributed by atoms with Crippen molar-refractivity contribution < 1.29 is 33.0 Å². The van der Waals surface area contributed by atoms with E-state index < -0.39 is 29.0 Å². The standard InChI is InChI=1S/C29H31ClF2N6O5/c1-38-21(19-5-6-22(43-2)24(32)23(19)31)14-34-25(38)27(40)35-15-3-4-18(20(30)13-15)26(39)36-16-11-17(12-16)37-28(41)29(42)7-9-33-10-8-29/h3-6,13-14,16-17,33,42H,7-12H2,1-2H3,(H,35,40)(H,36,39)(H,37,41)/t16-,17+. The van der Waals surface area contributed by atoms with Gasteiger partial charge in [-0.3, -0.25) is 14.4 Å². The van der Waals surface area contributed by atoms with Crippen molar-refractivity contribution in [3.8, 4) is 17.0 Å². The van der Waals surface area contributed by atoms with Gasteiger partial charge in [0.05, 0.1) is 29.6 Å². The summed E-state index contributed by atoms with van der Waals surface area (Å²) in [6, 6.07) is 6.69. The lowest BCUT2D eigenvalue weighted by atomic mass is 9.84. The van der Waals surface area contributed by atoms with Crippen molar-refractivity contribution in [1.82, 2.24) is 25.5 Å². The van der Waals surface area contributed by atoms with E-state index in [4.69, 9.17) is 16.3 Å². The monoisotopic (exact) mass is 616 g/mol. The number of carbonyl (C=O) groups is 3. The molecule has 0 radical (unpaired) electrons. The summed E-state index contributed by atoms with van der Waals surface area (Å²) >= 11 is 6.36. The summed E-state index contributed by atoms with van der Waals surface area (Å²) in [7, 11) is 2.72. The summed E-state index contributed by atoms with van der Waals surface area (Å²) in [4.78, 5) is 42.3. The van der Waals surface area contributed by atoms with Crippen LogP contribution in [0.1, 0.15) is 46.7 Å². The molecule has 2 aliphatic rings. The Morgan fingerprint density at radius 2 is 1.77 bits per heavy atom. The number of nitrogens with zero attached hydrogens (tertiary/aromatic N) is 2. The van der Waals surface area contributed by atoms with Crippen LogP contribution in [0.3, 0.4) is 0 Å². The Morgan fingerprint density at radius 1 is 1.07 bits per heavy atom. The molecule has 1 aliphatic carbocycles. The van der Waals surface area contributed by atoms with Crippen molar-refractivity contribution >= 4 is 35.0 Å². The van der Waals surface area contributed by atoms with Crippen LogP contribution < -0.4 is 26.0 Å². The van der Waals surface area contributed by atoms with Crippen LogP contribution >= 0.6 is 11.6 Å². The first-order chi connectivity index (χ1) is 20.5. The number of rotatable bonds is 8. The van der Waals surface area contributed by atoms with Crippen LogP contribution in [0.4, 0.5) is 14.5 Å². The van der Waals surface area contributed by atoms with Crippen LogP contribution in [0.25, 0.3) is 11.3 Å². The highest BCUT2D eigenvalue weighted by atomic mass is 35.5. The molecule has 0 atom stereocenters. The van der Waals surface area contributed by atoms with E-state index in [0.717, 1.165) is 0 Å². The third kappa shape index (κ3) is 6.19. The van der Waals surface area contributed by atoms with Gasteiger partial charge in [0, 0.05) is 30.4 Å². The van der Waals surface area contributed by atoms with Crippen molar-refractivity contribution in [3.63, 3.8) is 0 Å². The molecule has 3 amide bonds. The van der Waals surface area contributed by atoms with Crippen LogP contribution in [-0.2, 0) is 11.8 Å². The molecule has 3 aromatic rings. The van der Waals surface area contributed by atoms with Gasteiger partial charge in [-0.25, -0.2) is 9.37 Å². The van der Waals surface area contributed by atoms with Crippen LogP contribution in [-0.4, -0.2) is 70.3 Å². The van der Waals surface area contributed by atoms with E-state index in [1.54, 1.807) is 0 Å². The summed E-state index contributed by atoms with van der Waals surface area (Å²) in [5.74, 6) is -4.01. The van der Waals surface area contributed by atoms with Crippen molar-refractivity contribution in [2.24, 2.45) is 7.05 Å². The van der Waals surface area contributed by atoms with Gasteiger partial charge in [0.2, 0.25) is 5.82 Å². The molecule has 14 heteroatoms. The highest BCUT2D eigenvalue weighted by molar-refractivity contribution is 6.34. The van der Waals surface area contributed by atoms with Crippen LogP contribution in [0.2, 0.25) is 5.02 Å². The predicted molar refractivity (Wildman–Crippen MR) is 154 cm³/mol. The Hall–Kier alpha value is -4.07. The topological polar surface area (TPSA) is 147 Å². The Bertz CT molecular complexity index is 1570. The Balaban J connectivity index is 1.16. The molecule has 2 fully saturated rings. The van der Waals surface area contributed by atoms with Crippen molar-refractivity contribution in [1.29, 1.82) is 0 Å². The summed E-state index contributed by atoms with van der Waals surface area (Å²) < 4.78 is 34.9. The Labute approximate surface area is 251 Å². The number of hydrogen-bond acceptors (Lipinski definition) is 7. The zero-order valence-electron chi connectivity index (χ0n) is 23.5. The normalized spacial score (nSPS) is 19.2. The third-order valence-electron chi connectivity index (χ3n) is 7.87. The van der Waals surface area contributed by atoms with Gasteiger partial charge in [-0.15, -0.1) is 0 Å². The number of aliphatic hydroxyl groups is 1. The highest BCUT2D eigenvalue weighted by Crippen LogP contribution is 2.30. The van der Waals surface area contributed by atoms with Gasteiger partial charge in [0.1, 0.15) is 5.60 Å². The number of halogens is 3. The number of methoxy groups -OCH3 is 1. The van der Waals surface area contributed by atoms with E-state index in [2.05, 4.69) is 26.3 Å². The number of carbonyl (C=O) groups excluding carboxylic acids is 3. The number of benzene rings is 2. The first kappa shape index (κ1) is 30.4. The molecule has 1 aromatic heterocycles. The molecule has 2 heterocycles. The van der Waals surface area contributed by atoms with Gasteiger partial charge in [0.15, 0.2) is 17.4 Å². The smallest absolute Gasteiger partial charge is 0.291 e. The van der Waals surface area contributed by atoms with Gasteiger partial charge in [-0.2, -0.15) is 4.39 Å². The first-order valence-corrected chi connectivity index (χ1v) is 14.1. The molecule has 228 valence electrons. The maximum atomic E-state index is 14.6. The van der Waals surface area contributed by atoms with Gasteiger partial charge in [-0.1, -0.05) is 11.6 Å². The van der Waals surface area contributed by atoms with E-state index >= 15 is 0 Å². The number of hydrogen-bond donors (Lipinski definition) is 5. The molecule has 5 N–H and O–H groups in total. The number of nitrogens with one attached hydrogen (secondary N) is 4. The van der Waals surface area contributed by atoms with Crippen molar-refractivity contribution in [2.75, 3.05) is 25.5 Å². The van der Waals surface area contributed by atoms with E-state index in [0.29, 0.717) is 44.5 Å². The van der Waals surface area contributed by atoms with Gasteiger partial charge >= 0.3 is 0 Å². The van der Waals surface area contributed by atoms with Crippen molar-refractivity contribution in [3.05, 3.63) is 64.6 Å². The molecule has 1 aliphatic heterocycles. The second kappa shape index (κ2) is 12.3. The molecule has 0 bridgehead atoms. The number of ether oxygens (including phenoxy) is 1. The first-order valence-electron chi connectivity index (χ1n) is 13.7. The second-order valence-electron chi connectivity index (χ2n) is 10.7. The molecule has 5 rings (SSSR count). The van der Waals surface area contributed by atoms with Gasteiger partial charge < -0.3 is 35.7 Å². The average Bonchev–Trinajstić information content (AvgIpc) is 3.34. The lowest BCUT2D eigenvalue weighted by Gasteiger charge is -2.39. The Kier molecular flexibility index (Phi) is 8.67. The maximum absolute atomic E-state index is 14.6. The van der Waals surface area contributed by atoms with E-state index in [9.17, 15) is 28.3 Å². The lowest BCUT2D eigenvalue weighted by Crippen LogP contribution is -2.59.